The van der Waals surface area contributed by atoms with E-state index in [4.69, 9.17) is 11.6 Å². The monoisotopic (exact) mass is 558 g/mol. The number of carboxylic acids is 1. The van der Waals surface area contributed by atoms with Crippen molar-refractivity contribution in [3.05, 3.63) is 34.3 Å². The van der Waals surface area contributed by atoms with Crippen molar-refractivity contribution in [2.75, 3.05) is 20.1 Å². The summed E-state index contributed by atoms with van der Waals surface area (Å²) in [6, 6.07) is 5.14. The number of likely N-dealkylation sites (tertiary alicyclic amines) is 1. The van der Waals surface area contributed by atoms with Crippen LogP contribution in [0.3, 0.4) is 0 Å². The molecule has 1 aromatic carbocycles. The molecule has 37 heavy (non-hydrogen) atoms. The summed E-state index contributed by atoms with van der Waals surface area (Å²) in [6.07, 6.45) is -14.4. The van der Waals surface area contributed by atoms with Crippen LogP contribution in [-0.4, -0.2) is 71.1 Å². The highest BCUT2D eigenvalue weighted by atomic mass is 35.5. The summed E-state index contributed by atoms with van der Waals surface area (Å²) < 4.78 is 80.4. The summed E-state index contributed by atoms with van der Waals surface area (Å²) >= 11 is 6.22. The fourth-order valence-electron chi connectivity index (χ4n) is 5.20. The third-order valence-electron chi connectivity index (χ3n) is 7.70. The molecule has 1 amide bonds. The number of amides is 1. The van der Waals surface area contributed by atoms with E-state index >= 15 is 0 Å². The molecule has 0 unspecified atom stereocenters. The molecular formula is C24H29ClF6N2O4. The Bertz CT molecular complexity index is 988. The highest BCUT2D eigenvalue weighted by Crippen LogP contribution is 2.44. The lowest BCUT2D eigenvalue weighted by molar-refractivity contribution is -0.308. The fraction of sp³-hybridized carbons (Fsp3) is 0.667. The molecule has 0 spiro atoms. The van der Waals surface area contributed by atoms with Gasteiger partial charge in [-0.25, -0.2) is 4.79 Å². The Morgan fingerprint density at radius 1 is 1.08 bits per heavy atom. The van der Waals surface area contributed by atoms with Gasteiger partial charge in [0.15, 0.2) is 0 Å². The largest absolute Gasteiger partial charge is 0.481 e. The predicted molar refractivity (Wildman–Crippen MR) is 122 cm³/mol. The molecule has 1 aliphatic carbocycles. The number of ether oxygens (including phenoxy) is 1. The standard InChI is InChI=1S/C24H29ClF6N2O4/c1-21(9-11-33(12-10-21)20(36)37-18(23(26,27)28)24(29,30)31)32(2)14-15-5-6-16(25)13-17(15)22(19(34)35)7-3-4-8-22/h5-6,13,18H,3-4,7-12,14H2,1-2H3,(H,34,35). The number of hydrogen-bond acceptors (Lipinski definition) is 4. The fourth-order valence-corrected chi connectivity index (χ4v) is 5.37. The van der Waals surface area contributed by atoms with Gasteiger partial charge < -0.3 is 14.7 Å². The molecule has 3 rings (SSSR count). The van der Waals surface area contributed by atoms with E-state index in [2.05, 4.69) is 4.74 Å². The van der Waals surface area contributed by atoms with Crippen molar-refractivity contribution < 1.29 is 45.8 Å². The zero-order valence-electron chi connectivity index (χ0n) is 20.4. The van der Waals surface area contributed by atoms with Gasteiger partial charge in [0, 0.05) is 30.2 Å². The Kier molecular flexibility index (Phi) is 8.34. The second kappa shape index (κ2) is 10.5. The molecule has 1 saturated heterocycles. The SMILES string of the molecule is CN(Cc1ccc(Cl)cc1C1(C(=O)O)CCCC1)C1(C)CCN(C(=O)OC(C(F)(F)F)C(F)(F)F)CC1. The van der Waals surface area contributed by atoms with Gasteiger partial charge in [-0.05, 0) is 62.9 Å². The first-order valence-corrected chi connectivity index (χ1v) is 12.2. The lowest BCUT2D eigenvalue weighted by Gasteiger charge is -2.45. The summed E-state index contributed by atoms with van der Waals surface area (Å²) in [5.41, 5.74) is -0.181. The lowest BCUT2D eigenvalue weighted by Crippen LogP contribution is -2.54. The Balaban J connectivity index is 1.71. The molecule has 208 valence electrons. The number of halogens is 7. The first-order valence-electron chi connectivity index (χ1n) is 11.8. The van der Waals surface area contributed by atoms with Crippen LogP contribution in [0.5, 0.6) is 0 Å². The van der Waals surface area contributed by atoms with Gasteiger partial charge in [-0.1, -0.05) is 30.5 Å². The molecule has 1 saturated carbocycles. The van der Waals surface area contributed by atoms with Crippen molar-refractivity contribution in [1.82, 2.24) is 9.80 Å². The molecule has 2 fully saturated rings. The Labute approximate surface area is 215 Å². The van der Waals surface area contributed by atoms with Crippen LogP contribution in [0, 0.1) is 0 Å². The number of carbonyl (C=O) groups is 2. The quantitative estimate of drug-likeness (QED) is 0.424. The van der Waals surface area contributed by atoms with Gasteiger partial charge in [-0.2, -0.15) is 26.3 Å². The van der Waals surface area contributed by atoms with Crippen LogP contribution in [0.1, 0.15) is 56.6 Å². The summed E-state index contributed by atoms with van der Waals surface area (Å²) in [6.45, 7) is 2.01. The van der Waals surface area contributed by atoms with Gasteiger partial charge in [-0.15, -0.1) is 0 Å². The van der Waals surface area contributed by atoms with Gasteiger partial charge >= 0.3 is 24.4 Å². The summed E-state index contributed by atoms with van der Waals surface area (Å²) in [4.78, 5) is 27.2. The van der Waals surface area contributed by atoms with E-state index in [-0.39, 0.29) is 25.9 Å². The minimum atomic E-state index is -5.78. The minimum Gasteiger partial charge on any atom is -0.481 e. The number of rotatable bonds is 6. The predicted octanol–water partition coefficient (Wildman–Crippen LogP) is 6.15. The average Bonchev–Trinajstić information content (AvgIpc) is 3.28. The van der Waals surface area contributed by atoms with E-state index in [1.807, 2.05) is 11.8 Å². The minimum absolute atomic E-state index is 0.103. The molecule has 0 radical (unpaired) electrons. The van der Waals surface area contributed by atoms with Crippen LogP contribution in [-0.2, 0) is 21.5 Å². The average molecular weight is 559 g/mol. The number of aliphatic carboxylic acids is 1. The molecule has 2 aliphatic rings. The first kappa shape index (κ1) is 29.3. The maximum absolute atomic E-state index is 12.8. The number of alkyl halides is 6. The molecule has 1 N–H and O–H groups in total. The molecule has 1 aromatic rings. The number of piperidine rings is 1. The van der Waals surface area contributed by atoms with Crippen molar-refractivity contribution in [3.63, 3.8) is 0 Å². The number of carbonyl (C=O) groups excluding carboxylic acids is 1. The summed E-state index contributed by atoms with van der Waals surface area (Å²) in [5.74, 6) is -0.912. The maximum Gasteiger partial charge on any atom is 0.434 e. The van der Waals surface area contributed by atoms with Crippen LogP contribution in [0.4, 0.5) is 31.1 Å². The van der Waals surface area contributed by atoms with Crippen LogP contribution in [0.15, 0.2) is 18.2 Å². The summed E-state index contributed by atoms with van der Waals surface area (Å²) in [7, 11) is 1.80. The van der Waals surface area contributed by atoms with Gasteiger partial charge in [-0.3, -0.25) is 9.69 Å². The zero-order chi connectivity index (χ0) is 27.8. The first-order chi connectivity index (χ1) is 17.0. The van der Waals surface area contributed by atoms with Crippen LogP contribution < -0.4 is 0 Å². The molecule has 6 nitrogen and oxygen atoms in total. The second-order valence-electron chi connectivity index (χ2n) is 10.1. The zero-order valence-corrected chi connectivity index (χ0v) is 21.1. The van der Waals surface area contributed by atoms with E-state index < -0.39 is 41.5 Å². The molecule has 0 atom stereocenters. The van der Waals surface area contributed by atoms with Crippen molar-refractivity contribution in [1.29, 1.82) is 0 Å². The number of benzene rings is 1. The van der Waals surface area contributed by atoms with Crippen molar-refractivity contribution in [2.24, 2.45) is 0 Å². The van der Waals surface area contributed by atoms with Crippen molar-refractivity contribution in [2.45, 2.75) is 81.4 Å². The second-order valence-corrected chi connectivity index (χ2v) is 10.5. The topological polar surface area (TPSA) is 70.1 Å². The van der Waals surface area contributed by atoms with Crippen LogP contribution >= 0.6 is 11.6 Å². The maximum atomic E-state index is 12.8. The highest BCUT2D eigenvalue weighted by Gasteiger charge is 2.60. The van der Waals surface area contributed by atoms with Crippen molar-refractivity contribution >= 4 is 23.7 Å². The Morgan fingerprint density at radius 3 is 2.11 bits per heavy atom. The van der Waals surface area contributed by atoms with E-state index in [0.29, 0.717) is 30.0 Å². The van der Waals surface area contributed by atoms with Gasteiger partial charge in [0.1, 0.15) is 0 Å². The molecule has 1 heterocycles. The van der Waals surface area contributed by atoms with Gasteiger partial charge in [0.05, 0.1) is 5.41 Å². The van der Waals surface area contributed by atoms with Crippen molar-refractivity contribution in [3.8, 4) is 0 Å². The molecule has 1 aliphatic heterocycles. The Hall–Kier alpha value is -2.21. The number of carboxylic acid groups (broad SMARTS) is 1. The van der Waals surface area contributed by atoms with Crippen LogP contribution in [0.2, 0.25) is 5.02 Å². The van der Waals surface area contributed by atoms with Crippen LogP contribution in [0.25, 0.3) is 0 Å². The van der Waals surface area contributed by atoms with E-state index in [1.165, 1.54) is 0 Å². The molecule has 0 aromatic heterocycles. The number of hydrogen-bond donors (Lipinski definition) is 1. The van der Waals surface area contributed by atoms with E-state index in [9.17, 15) is 41.0 Å². The Morgan fingerprint density at radius 2 is 1.62 bits per heavy atom. The third-order valence-corrected chi connectivity index (χ3v) is 7.93. The highest BCUT2D eigenvalue weighted by molar-refractivity contribution is 6.30. The van der Waals surface area contributed by atoms with E-state index in [0.717, 1.165) is 23.3 Å². The van der Waals surface area contributed by atoms with Gasteiger partial charge in [0.2, 0.25) is 0 Å². The van der Waals surface area contributed by atoms with E-state index in [1.54, 1.807) is 25.2 Å². The number of nitrogens with zero attached hydrogens (tertiary/aromatic N) is 2. The molecular weight excluding hydrogens is 530 g/mol. The summed E-state index contributed by atoms with van der Waals surface area (Å²) in [5, 5.41) is 10.5. The molecule has 13 heteroatoms. The third kappa shape index (κ3) is 6.27. The molecule has 0 bridgehead atoms. The lowest BCUT2D eigenvalue weighted by atomic mass is 9.76. The normalized spacial score (nSPS) is 19.9. The smallest absolute Gasteiger partial charge is 0.434 e. The van der Waals surface area contributed by atoms with Gasteiger partial charge in [0.25, 0.3) is 6.10 Å².